The van der Waals surface area contributed by atoms with Gasteiger partial charge in [-0.05, 0) is 64.1 Å². The van der Waals surface area contributed by atoms with Crippen LogP contribution in [-0.4, -0.2) is 59.2 Å². The third-order valence-electron chi connectivity index (χ3n) is 7.53. The molecule has 5 rings (SSSR count). The van der Waals surface area contributed by atoms with Crippen LogP contribution in [0, 0.1) is 0 Å². The highest BCUT2D eigenvalue weighted by Gasteiger charge is 2.35. The van der Waals surface area contributed by atoms with Gasteiger partial charge in [-0.15, -0.1) is 0 Å². The summed E-state index contributed by atoms with van der Waals surface area (Å²) in [5.74, 6) is 2.84. The lowest BCUT2D eigenvalue weighted by Crippen LogP contribution is -2.60. The van der Waals surface area contributed by atoms with E-state index in [2.05, 4.69) is 21.2 Å². The third kappa shape index (κ3) is 3.73. The molecule has 3 aliphatic heterocycles. The molecule has 4 fully saturated rings. The van der Waals surface area contributed by atoms with Gasteiger partial charge in [-0.1, -0.05) is 19.3 Å². The van der Waals surface area contributed by atoms with Crippen molar-refractivity contribution in [3.8, 4) is 0 Å². The van der Waals surface area contributed by atoms with Gasteiger partial charge in [0.2, 0.25) is 0 Å². The van der Waals surface area contributed by atoms with Crippen molar-refractivity contribution in [3.63, 3.8) is 0 Å². The molecule has 4 aliphatic rings. The largest absolute Gasteiger partial charge is 0.348 e. The maximum atomic E-state index is 5.11. The van der Waals surface area contributed by atoms with Crippen LogP contribution in [0.5, 0.6) is 0 Å². The number of fused-ring (bicyclic) bond motifs is 2. The summed E-state index contributed by atoms with van der Waals surface area (Å²) in [6, 6.07) is 4.24. The Bertz CT molecular complexity index is 599. The van der Waals surface area contributed by atoms with Crippen molar-refractivity contribution in [3.05, 3.63) is 18.1 Å². The number of hydrogen-bond donors (Lipinski definition) is 1. The Hall–Kier alpha value is -1.20. The molecule has 1 aliphatic carbocycles. The van der Waals surface area contributed by atoms with E-state index in [1.807, 2.05) is 6.20 Å². The monoisotopic (exact) mass is 369 g/mol. The maximum Gasteiger partial charge on any atom is 0.133 e. The molecule has 27 heavy (non-hydrogen) atoms. The second-order valence-corrected chi connectivity index (χ2v) is 9.18. The Labute approximate surface area is 163 Å². The molecule has 2 bridgehead atoms. The van der Waals surface area contributed by atoms with Crippen molar-refractivity contribution in [2.75, 3.05) is 31.1 Å². The number of piperidine rings is 2. The highest BCUT2D eigenvalue weighted by atomic mass is 15.3. The number of nitrogens with one attached hydrogen (secondary N) is 1. The van der Waals surface area contributed by atoms with E-state index in [1.165, 1.54) is 83.1 Å². The first-order valence-electron chi connectivity index (χ1n) is 11.4. The first-order valence-corrected chi connectivity index (χ1v) is 11.4. The van der Waals surface area contributed by atoms with Crippen molar-refractivity contribution < 1.29 is 0 Å². The number of nitrogens with zero attached hydrogens (tertiary/aromatic N) is 4. The predicted octanol–water partition coefficient (Wildman–Crippen LogP) is 3.32. The molecule has 0 radical (unpaired) electrons. The average molecular weight is 370 g/mol. The molecule has 1 aromatic rings. The van der Waals surface area contributed by atoms with Gasteiger partial charge < -0.3 is 15.1 Å². The number of aromatic nitrogens is 2. The lowest BCUT2D eigenvalue weighted by Gasteiger charge is -2.47. The van der Waals surface area contributed by atoms with E-state index in [-0.39, 0.29) is 0 Å². The highest BCUT2D eigenvalue weighted by molar-refractivity contribution is 5.43. The summed E-state index contributed by atoms with van der Waals surface area (Å²) in [6.07, 6.45) is 15.6. The van der Waals surface area contributed by atoms with E-state index in [9.17, 15) is 0 Å². The molecule has 3 saturated heterocycles. The zero-order chi connectivity index (χ0) is 18.1. The van der Waals surface area contributed by atoms with E-state index in [0.29, 0.717) is 18.0 Å². The SMILES string of the molecule is c1cc(N2C3CCCC2CNC3)nc(C2CCN(C3CCCCC3)CC2)n1. The van der Waals surface area contributed by atoms with E-state index in [0.717, 1.165) is 25.0 Å². The van der Waals surface area contributed by atoms with Crippen molar-refractivity contribution in [2.45, 2.75) is 88.3 Å². The zero-order valence-electron chi connectivity index (χ0n) is 16.7. The molecule has 1 aromatic heterocycles. The van der Waals surface area contributed by atoms with Crippen LogP contribution in [0.3, 0.4) is 0 Å². The lowest BCUT2D eigenvalue weighted by atomic mass is 9.89. The van der Waals surface area contributed by atoms with Gasteiger partial charge in [0.25, 0.3) is 0 Å². The number of anilines is 1. The highest BCUT2D eigenvalue weighted by Crippen LogP contribution is 2.33. The van der Waals surface area contributed by atoms with Crippen molar-refractivity contribution in [2.24, 2.45) is 0 Å². The summed E-state index contributed by atoms with van der Waals surface area (Å²) in [6.45, 7) is 4.69. The van der Waals surface area contributed by atoms with Crippen LogP contribution in [-0.2, 0) is 0 Å². The second-order valence-electron chi connectivity index (χ2n) is 9.18. The summed E-state index contributed by atoms with van der Waals surface area (Å²) in [4.78, 5) is 15.2. The number of rotatable bonds is 3. The van der Waals surface area contributed by atoms with Crippen molar-refractivity contribution >= 4 is 5.82 Å². The fourth-order valence-electron chi connectivity index (χ4n) is 6.03. The van der Waals surface area contributed by atoms with Gasteiger partial charge in [0, 0.05) is 43.3 Å². The number of likely N-dealkylation sites (tertiary alicyclic amines) is 1. The normalized spacial score (nSPS) is 31.2. The summed E-state index contributed by atoms with van der Waals surface area (Å²) in [5.41, 5.74) is 0. The summed E-state index contributed by atoms with van der Waals surface area (Å²) in [5, 5.41) is 3.61. The molecule has 148 valence electrons. The summed E-state index contributed by atoms with van der Waals surface area (Å²) < 4.78 is 0. The molecular formula is C22H35N5. The summed E-state index contributed by atoms with van der Waals surface area (Å²) in [7, 11) is 0. The Morgan fingerprint density at radius 2 is 1.52 bits per heavy atom. The van der Waals surface area contributed by atoms with Gasteiger partial charge in [-0.2, -0.15) is 0 Å². The fourth-order valence-corrected chi connectivity index (χ4v) is 6.03. The molecule has 1 N–H and O–H groups in total. The molecule has 0 aromatic carbocycles. The Balaban J connectivity index is 1.26. The van der Waals surface area contributed by atoms with Gasteiger partial charge >= 0.3 is 0 Å². The fraction of sp³-hybridized carbons (Fsp3) is 0.818. The average Bonchev–Trinajstić information content (AvgIpc) is 2.74. The van der Waals surface area contributed by atoms with Crippen LogP contribution in [0.4, 0.5) is 5.82 Å². The minimum atomic E-state index is 0.549. The lowest BCUT2D eigenvalue weighted by molar-refractivity contribution is 0.120. The molecule has 5 heteroatoms. The molecule has 5 nitrogen and oxygen atoms in total. The van der Waals surface area contributed by atoms with Crippen molar-refractivity contribution in [1.82, 2.24) is 20.2 Å². The Morgan fingerprint density at radius 3 is 2.26 bits per heavy atom. The third-order valence-corrected chi connectivity index (χ3v) is 7.53. The van der Waals surface area contributed by atoms with E-state index < -0.39 is 0 Å². The van der Waals surface area contributed by atoms with Gasteiger partial charge in [-0.3, -0.25) is 0 Å². The first kappa shape index (κ1) is 17.9. The number of piperazine rings is 1. The zero-order valence-corrected chi connectivity index (χ0v) is 16.7. The minimum absolute atomic E-state index is 0.549. The van der Waals surface area contributed by atoms with E-state index in [4.69, 9.17) is 9.97 Å². The first-order chi connectivity index (χ1) is 13.4. The standard InChI is InChI=1S/C22H35N5/c1-2-5-18(6-3-1)26-13-10-17(11-14-26)22-24-12-9-21(25-22)27-19-7-4-8-20(27)16-23-15-19/h9,12,17-20,23H,1-8,10-11,13-16H2. The minimum Gasteiger partial charge on any atom is -0.348 e. The van der Waals surface area contributed by atoms with Gasteiger partial charge in [-0.25, -0.2) is 9.97 Å². The van der Waals surface area contributed by atoms with Crippen LogP contribution in [0.25, 0.3) is 0 Å². The van der Waals surface area contributed by atoms with Gasteiger partial charge in [0.15, 0.2) is 0 Å². The van der Waals surface area contributed by atoms with Crippen LogP contribution in [0.1, 0.15) is 76.0 Å². The molecule has 0 amide bonds. The topological polar surface area (TPSA) is 44.3 Å². The summed E-state index contributed by atoms with van der Waals surface area (Å²) >= 11 is 0. The van der Waals surface area contributed by atoms with Crippen LogP contribution < -0.4 is 10.2 Å². The van der Waals surface area contributed by atoms with Gasteiger partial charge in [0.05, 0.1) is 0 Å². The predicted molar refractivity (Wildman–Crippen MR) is 109 cm³/mol. The second kappa shape index (κ2) is 8.04. The Kier molecular flexibility index (Phi) is 5.32. The van der Waals surface area contributed by atoms with Gasteiger partial charge in [0.1, 0.15) is 11.6 Å². The quantitative estimate of drug-likeness (QED) is 0.885. The maximum absolute atomic E-state index is 5.11. The molecule has 1 saturated carbocycles. The van der Waals surface area contributed by atoms with E-state index in [1.54, 1.807) is 0 Å². The number of hydrogen-bond acceptors (Lipinski definition) is 5. The Morgan fingerprint density at radius 1 is 0.815 bits per heavy atom. The molecule has 2 unspecified atom stereocenters. The van der Waals surface area contributed by atoms with Crippen LogP contribution in [0.2, 0.25) is 0 Å². The van der Waals surface area contributed by atoms with Crippen molar-refractivity contribution in [1.29, 1.82) is 0 Å². The molecule has 2 atom stereocenters. The molecule has 4 heterocycles. The van der Waals surface area contributed by atoms with Crippen LogP contribution >= 0.6 is 0 Å². The van der Waals surface area contributed by atoms with E-state index >= 15 is 0 Å². The smallest absolute Gasteiger partial charge is 0.133 e. The molecular weight excluding hydrogens is 334 g/mol. The van der Waals surface area contributed by atoms with Crippen LogP contribution in [0.15, 0.2) is 12.3 Å². The molecule has 0 spiro atoms.